The summed E-state index contributed by atoms with van der Waals surface area (Å²) in [4.78, 5) is 8.36. The van der Waals surface area contributed by atoms with E-state index in [1.54, 1.807) is 0 Å². The molecule has 0 aliphatic rings. The van der Waals surface area contributed by atoms with Crippen LogP contribution in [-0.2, 0) is 0 Å². The first-order valence-electron chi connectivity index (χ1n) is 0.565. The van der Waals surface area contributed by atoms with E-state index < -0.39 is 5.09 Å². The Morgan fingerprint density at radius 1 is 1.67 bits per heavy atom. The average Bonchev–Trinajstić information content (AvgIpc) is 0.811. The van der Waals surface area contributed by atoms with Crippen molar-refractivity contribution in [3.63, 3.8) is 0 Å². The van der Waals surface area contributed by atoms with E-state index in [-0.39, 0.29) is 47.5 Å². The first-order valence-corrected chi connectivity index (χ1v) is 0.565. The third-order valence-corrected chi connectivity index (χ3v) is 0. The van der Waals surface area contributed by atoms with Gasteiger partial charge in [0.25, 0.3) is 5.09 Å². The van der Waals surface area contributed by atoms with Crippen LogP contribution in [0.5, 0.6) is 0 Å². The van der Waals surface area contributed by atoms with Gasteiger partial charge in [-0.3, -0.25) is 0 Å². The Labute approximate surface area is 67.6 Å². The maximum atomic E-state index is 8.36. The Hall–Kier alpha value is 0.784. The zero-order valence-corrected chi connectivity index (χ0v) is 6.45. The molecule has 0 radical (unpaired) electrons. The quantitative estimate of drug-likeness (QED) is 0.276. The molecule has 6 heavy (non-hydrogen) atoms. The monoisotopic (exact) mass is 213 g/mol. The summed E-state index contributed by atoms with van der Waals surface area (Å²) >= 11 is 0. The molecule has 0 aromatic carbocycles. The van der Waals surface area contributed by atoms with Crippen LogP contribution in [0.15, 0.2) is 0 Å². The number of rotatable bonds is 0. The summed E-state index contributed by atoms with van der Waals surface area (Å²) in [5, 5.41) is 13.6. The maximum absolute atomic E-state index is 8.36. The number of hydrogen-bond acceptors (Lipinski definition) is 2. The predicted molar refractivity (Wildman–Crippen MR) is 27.3 cm³/mol. The molecular formula is H6MgNO3Sb. The van der Waals surface area contributed by atoms with Gasteiger partial charge < -0.3 is 5.21 Å². The normalized spacial score (nSPS) is 4.00. The van der Waals surface area contributed by atoms with Gasteiger partial charge in [-0.1, -0.05) is 0 Å². The fourth-order valence-corrected chi connectivity index (χ4v) is 0. The van der Waals surface area contributed by atoms with Gasteiger partial charge in [-0.15, -0.1) is 10.1 Å². The van der Waals surface area contributed by atoms with Crippen molar-refractivity contribution in [3.05, 3.63) is 10.1 Å². The van der Waals surface area contributed by atoms with Crippen molar-refractivity contribution in [1.82, 2.24) is 0 Å². The standard InChI is InChI=1S/Mg.HNO3.Sb.5H/c;2-1(3)4;;;;;;/h;(H,2,3,4);;;;;;. The molecule has 0 bridgehead atoms. The molecule has 4 nitrogen and oxygen atoms in total. The topological polar surface area (TPSA) is 63.4 Å². The molecule has 0 rings (SSSR count). The molecule has 0 aliphatic heterocycles. The van der Waals surface area contributed by atoms with Crippen LogP contribution in [0.3, 0.4) is 0 Å². The zero-order chi connectivity index (χ0) is 3.58. The van der Waals surface area contributed by atoms with Crippen LogP contribution in [0, 0.1) is 10.1 Å². The van der Waals surface area contributed by atoms with E-state index in [1.807, 2.05) is 0 Å². The summed E-state index contributed by atoms with van der Waals surface area (Å²) < 4.78 is 0. The first kappa shape index (κ1) is 15.9. The van der Waals surface area contributed by atoms with Crippen molar-refractivity contribution in [2.75, 3.05) is 0 Å². The third-order valence-electron chi connectivity index (χ3n) is 0. The third kappa shape index (κ3) is 111. The van der Waals surface area contributed by atoms with Crippen LogP contribution in [0.2, 0.25) is 0 Å². The molecule has 0 heterocycles. The zero-order valence-electron chi connectivity index (χ0n) is 2.42. The Kier molecular flexibility index (Phi) is 24.4. The minimum absolute atomic E-state index is 0. The Morgan fingerprint density at radius 3 is 1.67 bits per heavy atom. The SMILES string of the molecule is O=[N+]([O-])O.[MgH2].[SbH3]. The van der Waals surface area contributed by atoms with E-state index in [0.717, 1.165) is 0 Å². The molecule has 0 spiro atoms. The summed E-state index contributed by atoms with van der Waals surface area (Å²) in [5.74, 6) is 0. The summed E-state index contributed by atoms with van der Waals surface area (Å²) in [6.45, 7) is 0. The van der Waals surface area contributed by atoms with Crippen LogP contribution in [0.25, 0.3) is 0 Å². The summed E-state index contributed by atoms with van der Waals surface area (Å²) in [6.07, 6.45) is 0. The molecule has 1 N–H and O–H groups in total. The van der Waals surface area contributed by atoms with Crippen LogP contribution < -0.4 is 0 Å². The second-order valence-corrected chi connectivity index (χ2v) is 0.238. The van der Waals surface area contributed by atoms with Gasteiger partial charge in [0.1, 0.15) is 0 Å². The van der Waals surface area contributed by atoms with Crippen LogP contribution in [0.4, 0.5) is 0 Å². The van der Waals surface area contributed by atoms with Crippen molar-refractivity contribution < 1.29 is 10.3 Å². The summed E-state index contributed by atoms with van der Waals surface area (Å²) in [5.41, 5.74) is 0. The second kappa shape index (κ2) is 9.25. The molecule has 6 heteroatoms. The molecule has 0 saturated heterocycles. The first-order chi connectivity index (χ1) is 1.73. The van der Waals surface area contributed by atoms with Gasteiger partial charge in [0.15, 0.2) is 0 Å². The van der Waals surface area contributed by atoms with Gasteiger partial charge in [0.05, 0.1) is 0 Å². The molecule has 0 atom stereocenters. The molecule has 0 amide bonds. The second-order valence-electron chi connectivity index (χ2n) is 0.238. The number of nitrogens with zero attached hydrogens (tertiary/aromatic N) is 1. The molecule has 0 unspecified atom stereocenters. The van der Waals surface area contributed by atoms with Gasteiger partial charge in [0, 0.05) is 0 Å². The van der Waals surface area contributed by atoms with E-state index >= 15 is 0 Å². The Bertz CT molecular complexity index is 33.8. The van der Waals surface area contributed by atoms with Crippen molar-refractivity contribution >= 4 is 47.5 Å². The molecule has 0 aliphatic carbocycles. The summed E-state index contributed by atoms with van der Waals surface area (Å²) in [6, 6.07) is 0. The van der Waals surface area contributed by atoms with E-state index in [4.69, 9.17) is 15.3 Å². The van der Waals surface area contributed by atoms with Gasteiger partial charge >= 0.3 is 47.5 Å². The van der Waals surface area contributed by atoms with Gasteiger partial charge in [-0.25, -0.2) is 0 Å². The molecule has 0 aromatic heterocycles. The van der Waals surface area contributed by atoms with Gasteiger partial charge in [-0.05, 0) is 0 Å². The van der Waals surface area contributed by atoms with Crippen LogP contribution in [0.1, 0.15) is 0 Å². The minimum atomic E-state index is -1.50. The van der Waals surface area contributed by atoms with Crippen molar-refractivity contribution in [2.45, 2.75) is 0 Å². The Morgan fingerprint density at radius 2 is 1.67 bits per heavy atom. The van der Waals surface area contributed by atoms with Crippen molar-refractivity contribution in [2.24, 2.45) is 0 Å². The van der Waals surface area contributed by atoms with E-state index in [1.165, 1.54) is 0 Å². The summed E-state index contributed by atoms with van der Waals surface area (Å²) in [7, 11) is 0. The molecule has 0 saturated carbocycles. The van der Waals surface area contributed by atoms with Crippen molar-refractivity contribution in [1.29, 1.82) is 0 Å². The average molecular weight is 214 g/mol. The van der Waals surface area contributed by atoms with Gasteiger partial charge in [-0.2, -0.15) is 0 Å². The molecular weight excluding hydrogens is 208 g/mol. The fraction of sp³-hybridized carbons (Fsp3) is 0. The molecule has 0 fully saturated rings. The molecule has 36 valence electrons. The van der Waals surface area contributed by atoms with E-state index in [2.05, 4.69) is 0 Å². The Balaban J connectivity index is -0.0000000450. The van der Waals surface area contributed by atoms with E-state index in [0.29, 0.717) is 0 Å². The molecule has 0 aromatic rings. The van der Waals surface area contributed by atoms with E-state index in [9.17, 15) is 0 Å². The van der Waals surface area contributed by atoms with Crippen molar-refractivity contribution in [3.8, 4) is 0 Å². The predicted octanol–water partition coefficient (Wildman–Crippen LogP) is -2.45. The van der Waals surface area contributed by atoms with Gasteiger partial charge in [0.2, 0.25) is 0 Å². The fourth-order valence-electron chi connectivity index (χ4n) is 0. The number of hydrogen-bond donors (Lipinski definition) is 1. The van der Waals surface area contributed by atoms with Crippen LogP contribution in [-0.4, -0.2) is 57.8 Å². The van der Waals surface area contributed by atoms with Crippen LogP contribution >= 0.6 is 0 Å².